The summed E-state index contributed by atoms with van der Waals surface area (Å²) < 4.78 is 25.3. The number of hydrogen-bond donors (Lipinski definition) is 2. The normalized spacial score (nSPS) is 13.2. The molecule has 0 aromatic heterocycles. The number of nitrogens with one attached hydrogen (secondary N) is 2. The number of hydrogen-bond acceptors (Lipinski definition) is 2. The molecule has 0 aliphatic carbocycles. The third-order valence-corrected chi connectivity index (χ3v) is 2.62. The van der Waals surface area contributed by atoms with Crippen LogP contribution in [0.1, 0.15) is 17.3 Å². The predicted molar refractivity (Wildman–Crippen MR) is 60.4 cm³/mol. The molecule has 1 rings (SSSR count). The van der Waals surface area contributed by atoms with Gasteiger partial charge in [-0.05, 0) is 35.0 Å². The summed E-state index contributed by atoms with van der Waals surface area (Å²) in [6, 6.07) is 7.12. The number of benzene rings is 1. The molecule has 1 atom stereocenters. The minimum absolute atomic E-state index is 0.403. The lowest BCUT2D eigenvalue weighted by molar-refractivity contribution is 0.0634. The molecule has 0 saturated heterocycles. The van der Waals surface area contributed by atoms with E-state index >= 15 is 0 Å². The van der Waals surface area contributed by atoms with Gasteiger partial charge in [-0.25, -0.2) is 5.43 Å². The van der Waals surface area contributed by atoms with E-state index < -0.39 is 16.8 Å². The van der Waals surface area contributed by atoms with Gasteiger partial charge in [0.2, 0.25) is 0 Å². The Bertz CT molecular complexity index is 354. The summed E-state index contributed by atoms with van der Waals surface area (Å²) in [6.45, 7) is 1.25. The quantitative estimate of drug-likeness (QED) is 0.660. The van der Waals surface area contributed by atoms with Crippen LogP contribution in [0.2, 0.25) is 0 Å². The van der Waals surface area contributed by atoms with Gasteiger partial charge >= 0.3 is 4.83 Å². The Kier molecular flexibility index (Phi) is 4.37. The molecule has 0 bridgehead atoms. The van der Waals surface area contributed by atoms with E-state index in [2.05, 4.69) is 26.8 Å². The molecule has 16 heavy (non-hydrogen) atoms. The van der Waals surface area contributed by atoms with Gasteiger partial charge in [0.1, 0.15) is 0 Å². The van der Waals surface area contributed by atoms with Crippen LogP contribution in [0, 0.1) is 0 Å². The fourth-order valence-corrected chi connectivity index (χ4v) is 1.03. The van der Waals surface area contributed by atoms with Crippen LogP contribution in [0.3, 0.4) is 0 Å². The highest BCUT2D eigenvalue weighted by Crippen LogP contribution is 2.25. The van der Waals surface area contributed by atoms with Crippen molar-refractivity contribution in [2.24, 2.45) is 0 Å². The molecule has 3 nitrogen and oxygen atoms in total. The second kappa shape index (κ2) is 5.36. The third-order valence-electron chi connectivity index (χ3n) is 1.93. The Labute approximate surface area is 100 Å². The van der Waals surface area contributed by atoms with Gasteiger partial charge in [0.15, 0.2) is 0 Å². The van der Waals surface area contributed by atoms with Crippen molar-refractivity contribution in [3.05, 3.63) is 35.9 Å². The van der Waals surface area contributed by atoms with Crippen LogP contribution in [0.15, 0.2) is 30.3 Å². The first-order valence-electron chi connectivity index (χ1n) is 4.59. The highest BCUT2D eigenvalue weighted by atomic mass is 79.9. The number of amides is 1. The third kappa shape index (κ3) is 3.86. The SMILES string of the molecule is CC(NNC(=O)c1ccccc1)C(F)(F)Br. The maximum Gasteiger partial charge on any atom is 0.317 e. The van der Waals surface area contributed by atoms with Crippen LogP contribution in [-0.4, -0.2) is 16.8 Å². The highest BCUT2D eigenvalue weighted by molar-refractivity contribution is 9.10. The van der Waals surface area contributed by atoms with Crippen molar-refractivity contribution >= 4 is 21.8 Å². The van der Waals surface area contributed by atoms with Gasteiger partial charge in [-0.2, -0.15) is 8.78 Å². The van der Waals surface area contributed by atoms with Crippen LogP contribution in [-0.2, 0) is 0 Å². The van der Waals surface area contributed by atoms with Gasteiger partial charge in [0, 0.05) is 5.56 Å². The molecule has 0 radical (unpaired) electrons. The van der Waals surface area contributed by atoms with Gasteiger partial charge in [-0.15, -0.1) is 0 Å². The molecule has 1 amide bonds. The van der Waals surface area contributed by atoms with Crippen LogP contribution >= 0.6 is 15.9 Å². The van der Waals surface area contributed by atoms with Crippen molar-refractivity contribution in [3.63, 3.8) is 0 Å². The number of rotatable bonds is 4. The van der Waals surface area contributed by atoms with E-state index in [-0.39, 0.29) is 0 Å². The largest absolute Gasteiger partial charge is 0.317 e. The summed E-state index contributed by atoms with van der Waals surface area (Å²) in [5.41, 5.74) is 4.83. The van der Waals surface area contributed by atoms with E-state index in [0.717, 1.165) is 0 Å². The standard InChI is InChI=1S/C10H11BrF2N2O/c1-7(10(11,12)13)14-15-9(16)8-5-3-2-4-6-8/h2-7,14H,1H3,(H,15,16). The first-order valence-corrected chi connectivity index (χ1v) is 5.38. The molecule has 0 fully saturated rings. The first kappa shape index (κ1) is 13.1. The van der Waals surface area contributed by atoms with E-state index in [9.17, 15) is 13.6 Å². The summed E-state index contributed by atoms with van der Waals surface area (Å²) in [7, 11) is 0. The number of carbonyl (C=O) groups excluding carboxylic acids is 1. The number of alkyl halides is 3. The van der Waals surface area contributed by atoms with Crippen molar-refractivity contribution in [2.75, 3.05) is 0 Å². The van der Waals surface area contributed by atoms with Crippen LogP contribution in [0.25, 0.3) is 0 Å². The number of carbonyl (C=O) groups is 1. The molecule has 1 aromatic carbocycles. The van der Waals surface area contributed by atoms with E-state index in [0.29, 0.717) is 5.56 Å². The van der Waals surface area contributed by atoms with Gasteiger partial charge in [0.05, 0.1) is 6.04 Å². The second-order valence-electron chi connectivity index (χ2n) is 3.23. The Balaban J connectivity index is 2.48. The van der Waals surface area contributed by atoms with Gasteiger partial charge < -0.3 is 0 Å². The van der Waals surface area contributed by atoms with Crippen LogP contribution < -0.4 is 10.9 Å². The molecule has 6 heteroatoms. The summed E-state index contributed by atoms with van der Waals surface area (Å²) in [4.78, 5) is 8.37. The number of hydrazine groups is 1. The first-order chi connectivity index (χ1) is 7.41. The lowest BCUT2D eigenvalue weighted by Gasteiger charge is -2.19. The molecular formula is C10H11BrF2N2O. The van der Waals surface area contributed by atoms with Crippen LogP contribution in [0.5, 0.6) is 0 Å². The topological polar surface area (TPSA) is 41.1 Å². The Morgan fingerprint density at radius 2 is 1.94 bits per heavy atom. The average molecular weight is 293 g/mol. The highest BCUT2D eigenvalue weighted by Gasteiger charge is 2.32. The molecule has 88 valence electrons. The Morgan fingerprint density at radius 1 is 1.38 bits per heavy atom. The molecule has 1 unspecified atom stereocenters. The maximum atomic E-state index is 12.7. The molecule has 0 heterocycles. The second-order valence-corrected chi connectivity index (χ2v) is 4.29. The predicted octanol–water partition coefficient (Wildman–Crippen LogP) is 2.30. The minimum Gasteiger partial charge on any atom is -0.287 e. The fraction of sp³-hybridized carbons (Fsp3) is 0.300. The van der Waals surface area contributed by atoms with Gasteiger partial charge in [-0.1, -0.05) is 18.2 Å². The molecule has 0 saturated carbocycles. The monoisotopic (exact) mass is 292 g/mol. The molecule has 1 aromatic rings. The van der Waals surface area contributed by atoms with Gasteiger partial charge in [0.25, 0.3) is 5.91 Å². The lowest BCUT2D eigenvalue weighted by Crippen LogP contribution is -2.49. The van der Waals surface area contributed by atoms with E-state index in [1.807, 2.05) is 0 Å². The van der Waals surface area contributed by atoms with E-state index in [1.54, 1.807) is 30.3 Å². The van der Waals surface area contributed by atoms with Crippen molar-refractivity contribution in [1.29, 1.82) is 0 Å². The van der Waals surface area contributed by atoms with Crippen molar-refractivity contribution < 1.29 is 13.6 Å². The average Bonchev–Trinajstić information content (AvgIpc) is 2.25. The lowest BCUT2D eigenvalue weighted by atomic mass is 10.2. The zero-order valence-corrected chi connectivity index (χ0v) is 10.1. The van der Waals surface area contributed by atoms with Crippen LogP contribution in [0.4, 0.5) is 8.78 Å². The zero-order chi connectivity index (χ0) is 12.2. The Morgan fingerprint density at radius 3 is 2.44 bits per heavy atom. The van der Waals surface area contributed by atoms with Crippen molar-refractivity contribution in [1.82, 2.24) is 10.9 Å². The summed E-state index contributed by atoms with van der Waals surface area (Å²) in [6.07, 6.45) is 0. The zero-order valence-electron chi connectivity index (χ0n) is 8.51. The van der Waals surface area contributed by atoms with Crippen molar-refractivity contribution in [3.8, 4) is 0 Å². The molecule has 0 aliphatic rings. The molecule has 2 N–H and O–H groups in total. The smallest absolute Gasteiger partial charge is 0.287 e. The minimum atomic E-state index is -3.07. The summed E-state index contributed by atoms with van der Waals surface area (Å²) in [5, 5.41) is 0. The number of halogens is 3. The fourth-order valence-electron chi connectivity index (χ4n) is 0.917. The maximum absolute atomic E-state index is 12.7. The van der Waals surface area contributed by atoms with Crippen molar-refractivity contribution in [2.45, 2.75) is 17.8 Å². The molecule has 0 spiro atoms. The van der Waals surface area contributed by atoms with Gasteiger partial charge in [-0.3, -0.25) is 10.2 Å². The molecule has 0 aliphatic heterocycles. The van der Waals surface area contributed by atoms with E-state index in [1.165, 1.54) is 6.92 Å². The molecular weight excluding hydrogens is 282 g/mol. The Hall–Kier alpha value is -1.01. The van der Waals surface area contributed by atoms with E-state index in [4.69, 9.17) is 0 Å². The summed E-state index contributed by atoms with van der Waals surface area (Å²) >= 11 is 2.20. The summed E-state index contributed by atoms with van der Waals surface area (Å²) in [5.74, 6) is -0.454.